The van der Waals surface area contributed by atoms with Crippen LogP contribution in [0.3, 0.4) is 0 Å². The lowest BCUT2D eigenvalue weighted by atomic mass is 9.95. The van der Waals surface area contributed by atoms with Crippen LogP contribution in [0.5, 0.6) is 0 Å². The molecule has 0 unspecified atom stereocenters. The van der Waals surface area contributed by atoms with Crippen LogP contribution in [0.25, 0.3) is 10.9 Å². The predicted molar refractivity (Wildman–Crippen MR) is 105 cm³/mol. The molecule has 3 aromatic rings. The number of nitrogens with zero attached hydrogens (tertiary/aromatic N) is 2. The molecule has 1 amide bonds. The molecule has 150 valence electrons. The fourth-order valence-corrected chi connectivity index (χ4v) is 3.79. The minimum absolute atomic E-state index is 0.146. The van der Waals surface area contributed by atoms with Gasteiger partial charge in [0.2, 0.25) is 0 Å². The Morgan fingerprint density at radius 2 is 2.03 bits per heavy atom. The number of hydrogen-bond acceptors (Lipinski definition) is 4. The lowest BCUT2D eigenvalue weighted by Crippen LogP contribution is -2.34. The van der Waals surface area contributed by atoms with E-state index in [0.717, 1.165) is 28.2 Å². The summed E-state index contributed by atoms with van der Waals surface area (Å²) < 4.78 is 27.3. The number of carbonyl (C=O) groups is 1. The van der Waals surface area contributed by atoms with Crippen LogP contribution in [-0.2, 0) is 19.5 Å². The molecular formula is C22H21F2N3O2. The maximum atomic E-state index is 14.1. The van der Waals surface area contributed by atoms with E-state index < -0.39 is 11.6 Å². The molecule has 29 heavy (non-hydrogen) atoms. The van der Waals surface area contributed by atoms with Gasteiger partial charge in [-0.2, -0.15) is 0 Å². The van der Waals surface area contributed by atoms with Gasteiger partial charge in [0, 0.05) is 60.9 Å². The van der Waals surface area contributed by atoms with Gasteiger partial charge >= 0.3 is 0 Å². The largest absolute Gasteiger partial charge is 0.395 e. The second kappa shape index (κ2) is 8.23. The van der Waals surface area contributed by atoms with Gasteiger partial charge in [0.25, 0.3) is 5.91 Å². The Hall–Kier alpha value is -2.90. The maximum absolute atomic E-state index is 14.1. The van der Waals surface area contributed by atoms with E-state index in [2.05, 4.69) is 5.32 Å². The number of pyridine rings is 1. The van der Waals surface area contributed by atoms with E-state index in [-0.39, 0.29) is 19.1 Å². The molecule has 0 atom stereocenters. The van der Waals surface area contributed by atoms with Gasteiger partial charge in [-0.1, -0.05) is 24.3 Å². The number of halogens is 2. The number of aromatic nitrogens is 1. The fraction of sp³-hybridized carbons (Fsp3) is 0.273. The lowest BCUT2D eigenvalue weighted by molar-refractivity contribution is 0.0943. The number of fused-ring (bicyclic) bond motifs is 2. The van der Waals surface area contributed by atoms with Crippen LogP contribution in [0, 0.1) is 11.6 Å². The van der Waals surface area contributed by atoms with E-state index in [1.165, 1.54) is 12.1 Å². The van der Waals surface area contributed by atoms with Crippen molar-refractivity contribution in [1.82, 2.24) is 15.2 Å². The molecule has 2 heterocycles. The number of rotatable bonds is 5. The molecule has 0 radical (unpaired) electrons. The molecule has 0 fully saturated rings. The first-order valence-electron chi connectivity index (χ1n) is 9.52. The van der Waals surface area contributed by atoms with Crippen LogP contribution < -0.4 is 5.32 Å². The monoisotopic (exact) mass is 397 g/mol. The molecule has 0 spiro atoms. The van der Waals surface area contributed by atoms with E-state index in [0.29, 0.717) is 37.2 Å². The van der Waals surface area contributed by atoms with Gasteiger partial charge in [0.1, 0.15) is 11.6 Å². The van der Waals surface area contributed by atoms with Crippen molar-refractivity contribution in [3.63, 3.8) is 0 Å². The Bertz CT molecular complexity index is 1070. The number of carbonyl (C=O) groups excluding carboxylic acids is 1. The topological polar surface area (TPSA) is 65.5 Å². The number of nitrogens with one attached hydrogen (secondary N) is 1. The standard InChI is InChI=1S/C22H21F2N3O2/c23-15-6-5-14(18(24)11-15)12-27-9-7-20-17(13-27)21(22(29)25-8-10-28)16-3-1-2-4-19(16)26-20/h1-6,11,28H,7-10,12-13H2,(H,25,29). The third-order valence-electron chi connectivity index (χ3n) is 5.16. The number of aliphatic hydroxyl groups is 1. The third kappa shape index (κ3) is 3.97. The summed E-state index contributed by atoms with van der Waals surface area (Å²) in [6.07, 6.45) is 0.628. The van der Waals surface area contributed by atoms with Crippen LogP contribution >= 0.6 is 0 Å². The van der Waals surface area contributed by atoms with Crippen LogP contribution in [-0.4, -0.2) is 40.6 Å². The van der Waals surface area contributed by atoms with Gasteiger partial charge in [-0.05, 0) is 12.1 Å². The zero-order valence-electron chi connectivity index (χ0n) is 15.8. The summed E-state index contributed by atoms with van der Waals surface area (Å²) in [6, 6.07) is 11.0. The van der Waals surface area contributed by atoms with E-state index in [1.807, 2.05) is 29.2 Å². The van der Waals surface area contributed by atoms with Crippen molar-refractivity contribution in [2.45, 2.75) is 19.5 Å². The Morgan fingerprint density at radius 1 is 1.21 bits per heavy atom. The predicted octanol–water partition coefficient (Wildman–Crippen LogP) is 2.79. The highest BCUT2D eigenvalue weighted by molar-refractivity contribution is 6.07. The molecule has 7 heteroatoms. The highest BCUT2D eigenvalue weighted by Crippen LogP contribution is 2.29. The smallest absolute Gasteiger partial charge is 0.252 e. The SMILES string of the molecule is O=C(NCCO)c1c2c(nc3ccccc13)CCN(Cc1ccc(F)cc1F)C2. The number of aliphatic hydroxyl groups excluding tert-OH is 1. The van der Waals surface area contributed by atoms with Crippen molar-refractivity contribution in [3.8, 4) is 0 Å². The number of benzene rings is 2. The molecule has 0 saturated carbocycles. The van der Waals surface area contributed by atoms with Crippen molar-refractivity contribution < 1.29 is 18.7 Å². The molecule has 5 nitrogen and oxygen atoms in total. The van der Waals surface area contributed by atoms with Gasteiger partial charge in [-0.15, -0.1) is 0 Å². The first-order valence-corrected chi connectivity index (χ1v) is 9.52. The molecule has 2 N–H and O–H groups in total. The second-order valence-electron chi connectivity index (χ2n) is 7.11. The van der Waals surface area contributed by atoms with Crippen molar-refractivity contribution in [2.75, 3.05) is 19.7 Å². The minimum atomic E-state index is -0.603. The molecule has 0 saturated heterocycles. The van der Waals surface area contributed by atoms with Crippen molar-refractivity contribution in [2.24, 2.45) is 0 Å². The molecule has 4 rings (SSSR count). The zero-order valence-corrected chi connectivity index (χ0v) is 15.8. The van der Waals surface area contributed by atoms with Crippen LogP contribution in [0.1, 0.15) is 27.2 Å². The van der Waals surface area contributed by atoms with Gasteiger partial charge < -0.3 is 10.4 Å². The average Bonchev–Trinajstić information content (AvgIpc) is 2.72. The molecule has 1 aromatic heterocycles. The Balaban J connectivity index is 1.70. The van der Waals surface area contributed by atoms with E-state index >= 15 is 0 Å². The third-order valence-corrected chi connectivity index (χ3v) is 5.16. The molecule has 0 bridgehead atoms. The van der Waals surface area contributed by atoms with Crippen LogP contribution in [0.4, 0.5) is 8.78 Å². The van der Waals surface area contributed by atoms with Crippen LogP contribution in [0.15, 0.2) is 42.5 Å². The summed E-state index contributed by atoms with van der Waals surface area (Å²) in [4.78, 5) is 19.6. The lowest BCUT2D eigenvalue weighted by Gasteiger charge is -2.30. The molecule has 1 aliphatic heterocycles. The molecule has 2 aromatic carbocycles. The van der Waals surface area contributed by atoms with Crippen molar-refractivity contribution in [1.29, 1.82) is 0 Å². The molecule has 0 aliphatic carbocycles. The van der Waals surface area contributed by atoms with Crippen molar-refractivity contribution >= 4 is 16.8 Å². The number of para-hydroxylation sites is 1. The summed E-state index contributed by atoms with van der Waals surface area (Å²) in [5, 5.41) is 12.5. The Morgan fingerprint density at radius 3 is 2.83 bits per heavy atom. The highest BCUT2D eigenvalue weighted by atomic mass is 19.1. The summed E-state index contributed by atoms with van der Waals surface area (Å²) in [5.41, 5.74) is 3.37. The summed E-state index contributed by atoms with van der Waals surface area (Å²) in [7, 11) is 0. The quantitative estimate of drug-likeness (QED) is 0.695. The molecule has 1 aliphatic rings. The Labute approximate surface area is 167 Å². The zero-order chi connectivity index (χ0) is 20.4. The number of amides is 1. The first kappa shape index (κ1) is 19.4. The van der Waals surface area contributed by atoms with E-state index in [1.54, 1.807) is 0 Å². The van der Waals surface area contributed by atoms with Gasteiger partial charge in [0.05, 0.1) is 17.7 Å². The normalized spacial score (nSPS) is 14.0. The van der Waals surface area contributed by atoms with Gasteiger partial charge in [0.15, 0.2) is 0 Å². The minimum Gasteiger partial charge on any atom is -0.395 e. The van der Waals surface area contributed by atoms with Gasteiger partial charge in [-0.3, -0.25) is 14.7 Å². The van der Waals surface area contributed by atoms with Crippen LogP contribution in [0.2, 0.25) is 0 Å². The van der Waals surface area contributed by atoms with E-state index in [9.17, 15) is 13.6 Å². The van der Waals surface area contributed by atoms with Gasteiger partial charge in [-0.25, -0.2) is 8.78 Å². The number of hydrogen-bond donors (Lipinski definition) is 2. The van der Waals surface area contributed by atoms with E-state index in [4.69, 9.17) is 10.1 Å². The van der Waals surface area contributed by atoms with Crippen molar-refractivity contribution in [3.05, 3.63) is 76.5 Å². The highest BCUT2D eigenvalue weighted by Gasteiger charge is 2.26. The summed E-state index contributed by atoms with van der Waals surface area (Å²) >= 11 is 0. The Kier molecular flexibility index (Phi) is 5.51. The fourth-order valence-electron chi connectivity index (χ4n) is 3.79. The molecular weight excluding hydrogens is 376 g/mol. The first-order chi connectivity index (χ1) is 14.1. The summed E-state index contributed by atoms with van der Waals surface area (Å²) in [5.74, 6) is -1.44. The second-order valence-corrected chi connectivity index (χ2v) is 7.11. The average molecular weight is 397 g/mol. The summed E-state index contributed by atoms with van der Waals surface area (Å²) in [6.45, 7) is 1.43. The maximum Gasteiger partial charge on any atom is 0.252 e.